The lowest BCUT2D eigenvalue weighted by molar-refractivity contribution is 0.505. The van der Waals surface area contributed by atoms with Crippen LogP contribution in [0.4, 0.5) is 8.78 Å². The molecule has 0 saturated heterocycles. The minimum atomic E-state index is -0.833. The second-order valence-electron chi connectivity index (χ2n) is 3.06. The molecule has 1 atom stereocenters. The summed E-state index contributed by atoms with van der Waals surface area (Å²) in [6, 6.07) is 2.80. The molecule has 0 radical (unpaired) electrons. The zero-order chi connectivity index (χ0) is 11.5. The minimum Gasteiger partial charge on any atom is -0.271 e. The molecule has 3 N–H and O–H groups in total. The van der Waals surface area contributed by atoms with Crippen LogP contribution in [-0.4, -0.2) is 9.59 Å². The second kappa shape index (κ2) is 4.60. The number of rotatable bonds is 3. The van der Waals surface area contributed by atoms with Crippen LogP contribution >= 0.6 is 11.5 Å². The molecular formula is C9H8F2N4S. The molecule has 2 aromatic rings. The first kappa shape index (κ1) is 11.1. The van der Waals surface area contributed by atoms with Gasteiger partial charge in [-0.2, -0.15) is 0 Å². The predicted molar refractivity (Wildman–Crippen MR) is 55.4 cm³/mol. The molecule has 0 aliphatic carbocycles. The Balaban J connectivity index is 2.49. The van der Waals surface area contributed by atoms with Crippen molar-refractivity contribution in [1.29, 1.82) is 0 Å². The molecule has 0 amide bonds. The SMILES string of the molecule is NNC(c1csnn1)c1c(F)cccc1F. The van der Waals surface area contributed by atoms with Crippen LogP contribution in [0, 0.1) is 11.6 Å². The highest BCUT2D eigenvalue weighted by Gasteiger charge is 2.22. The Morgan fingerprint density at radius 3 is 2.50 bits per heavy atom. The van der Waals surface area contributed by atoms with Crippen molar-refractivity contribution in [3.05, 3.63) is 46.5 Å². The van der Waals surface area contributed by atoms with Crippen LogP contribution in [0.5, 0.6) is 0 Å². The van der Waals surface area contributed by atoms with Crippen molar-refractivity contribution in [3.63, 3.8) is 0 Å². The molecule has 16 heavy (non-hydrogen) atoms. The number of nitrogens with two attached hydrogens (primary N) is 1. The molecule has 1 heterocycles. The van der Waals surface area contributed by atoms with Crippen molar-refractivity contribution in [3.8, 4) is 0 Å². The number of aromatic nitrogens is 2. The molecule has 0 aliphatic rings. The molecule has 84 valence electrons. The molecule has 0 aliphatic heterocycles. The molecule has 1 unspecified atom stereocenters. The molecule has 7 heteroatoms. The molecule has 0 bridgehead atoms. The average molecular weight is 242 g/mol. The van der Waals surface area contributed by atoms with Crippen LogP contribution in [0.1, 0.15) is 17.3 Å². The van der Waals surface area contributed by atoms with Gasteiger partial charge in [0.1, 0.15) is 11.6 Å². The number of hydrazine groups is 1. The number of benzene rings is 1. The third kappa shape index (κ3) is 1.92. The molecular weight excluding hydrogens is 234 g/mol. The van der Waals surface area contributed by atoms with Gasteiger partial charge in [0.2, 0.25) is 0 Å². The Morgan fingerprint density at radius 1 is 1.31 bits per heavy atom. The average Bonchev–Trinajstić information content (AvgIpc) is 2.77. The van der Waals surface area contributed by atoms with E-state index in [2.05, 4.69) is 15.0 Å². The summed E-state index contributed by atoms with van der Waals surface area (Å²) in [5.41, 5.74) is 2.56. The van der Waals surface area contributed by atoms with E-state index in [4.69, 9.17) is 5.84 Å². The fourth-order valence-electron chi connectivity index (χ4n) is 1.40. The number of halogens is 2. The van der Waals surface area contributed by atoms with Crippen molar-refractivity contribution in [2.24, 2.45) is 5.84 Å². The predicted octanol–water partition coefficient (Wildman–Crippen LogP) is 1.37. The molecule has 1 aromatic heterocycles. The van der Waals surface area contributed by atoms with Crippen LogP contribution < -0.4 is 11.3 Å². The summed E-state index contributed by atoms with van der Waals surface area (Å²) >= 11 is 1.09. The van der Waals surface area contributed by atoms with Crippen LogP contribution in [-0.2, 0) is 0 Å². The summed E-state index contributed by atoms with van der Waals surface area (Å²) in [4.78, 5) is 0. The largest absolute Gasteiger partial charge is 0.271 e. The summed E-state index contributed by atoms with van der Waals surface area (Å²) in [7, 11) is 0. The standard InChI is InChI=1S/C9H8F2N4S/c10-5-2-1-3-6(11)8(5)9(13-12)7-4-16-15-14-7/h1-4,9,13H,12H2. The molecule has 1 aromatic carbocycles. The van der Waals surface area contributed by atoms with Gasteiger partial charge in [0.25, 0.3) is 0 Å². The first-order valence-electron chi connectivity index (χ1n) is 4.41. The first-order chi connectivity index (χ1) is 7.74. The van der Waals surface area contributed by atoms with E-state index in [-0.39, 0.29) is 5.56 Å². The number of nitrogens with zero attached hydrogens (tertiary/aromatic N) is 2. The lowest BCUT2D eigenvalue weighted by Gasteiger charge is -2.14. The van der Waals surface area contributed by atoms with Gasteiger partial charge in [0, 0.05) is 10.9 Å². The summed E-state index contributed by atoms with van der Waals surface area (Å²) in [5.74, 6) is 3.95. The highest BCUT2D eigenvalue weighted by Crippen LogP contribution is 2.25. The Labute approximate surface area is 94.2 Å². The Hall–Kier alpha value is -1.44. The quantitative estimate of drug-likeness (QED) is 0.630. The van der Waals surface area contributed by atoms with E-state index in [1.165, 1.54) is 18.2 Å². The molecule has 4 nitrogen and oxygen atoms in total. The molecule has 0 fully saturated rings. The minimum absolute atomic E-state index is 0.155. The van der Waals surface area contributed by atoms with Crippen molar-refractivity contribution in [2.45, 2.75) is 6.04 Å². The maximum atomic E-state index is 13.5. The first-order valence-corrected chi connectivity index (χ1v) is 5.24. The van der Waals surface area contributed by atoms with Crippen LogP contribution in [0.15, 0.2) is 23.6 Å². The maximum Gasteiger partial charge on any atom is 0.131 e. The summed E-state index contributed by atoms with van der Waals surface area (Å²) < 4.78 is 30.6. The van der Waals surface area contributed by atoms with Gasteiger partial charge in [-0.05, 0) is 23.7 Å². The lowest BCUT2D eigenvalue weighted by atomic mass is 10.0. The van der Waals surface area contributed by atoms with Gasteiger partial charge >= 0.3 is 0 Å². The number of hydrogen-bond acceptors (Lipinski definition) is 5. The van der Waals surface area contributed by atoms with Gasteiger partial charge < -0.3 is 0 Å². The summed E-state index contributed by atoms with van der Waals surface area (Å²) in [5, 5.41) is 5.32. The van der Waals surface area contributed by atoms with Gasteiger partial charge in [0.05, 0.1) is 11.7 Å². The van der Waals surface area contributed by atoms with Gasteiger partial charge in [-0.1, -0.05) is 10.6 Å². The summed E-state index contributed by atoms with van der Waals surface area (Å²) in [6.45, 7) is 0. The third-order valence-electron chi connectivity index (χ3n) is 2.13. The van der Waals surface area contributed by atoms with E-state index >= 15 is 0 Å². The van der Waals surface area contributed by atoms with Crippen molar-refractivity contribution >= 4 is 11.5 Å². The highest BCUT2D eigenvalue weighted by atomic mass is 32.1. The zero-order valence-electron chi connectivity index (χ0n) is 8.02. The fourth-order valence-corrected chi connectivity index (χ4v) is 1.88. The zero-order valence-corrected chi connectivity index (χ0v) is 8.84. The monoisotopic (exact) mass is 242 g/mol. The van der Waals surface area contributed by atoms with Gasteiger partial charge in [-0.25, -0.2) is 14.2 Å². The smallest absolute Gasteiger partial charge is 0.131 e. The van der Waals surface area contributed by atoms with Crippen LogP contribution in [0.2, 0.25) is 0 Å². The van der Waals surface area contributed by atoms with E-state index < -0.39 is 17.7 Å². The van der Waals surface area contributed by atoms with Gasteiger partial charge in [-0.15, -0.1) is 5.10 Å². The highest BCUT2D eigenvalue weighted by molar-refractivity contribution is 7.03. The van der Waals surface area contributed by atoms with Gasteiger partial charge in [-0.3, -0.25) is 5.84 Å². The third-order valence-corrected chi connectivity index (χ3v) is 2.65. The van der Waals surface area contributed by atoms with Crippen molar-refractivity contribution < 1.29 is 8.78 Å². The normalized spacial score (nSPS) is 12.7. The second-order valence-corrected chi connectivity index (χ2v) is 3.67. The van der Waals surface area contributed by atoms with E-state index in [0.29, 0.717) is 5.69 Å². The van der Waals surface area contributed by atoms with Crippen LogP contribution in [0.25, 0.3) is 0 Å². The Bertz CT molecular complexity index is 454. The maximum absolute atomic E-state index is 13.5. The Morgan fingerprint density at radius 2 is 2.00 bits per heavy atom. The van der Waals surface area contributed by atoms with Crippen molar-refractivity contribution in [1.82, 2.24) is 15.0 Å². The van der Waals surface area contributed by atoms with E-state index in [1.54, 1.807) is 5.38 Å². The Kier molecular flexibility index (Phi) is 3.18. The molecule has 0 saturated carbocycles. The molecule has 0 spiro atoms. The van der Waals surface area contributed by atoms with E-state index in [0.717, 1.165) is 11.5 Å². The number of nitrogens with one attached hydrogen (secondary N) is 1. The van der Waals surface area contributed by atoms with E-state index in [9.17, 15) is 8.78 Å². The summed E-state index contributed by atoms with van der Waals surface area (Å²) in [6.07, 6.45) is 0. The van der Waals surface area contributed by atoms with Gasteiger partial charge in [0.15, 0.2) is 0 Å². The fraction of sp³-hybridized carbons (Fsp3) is 0.111. The van der Waals surface area contributed by atoms with E-state index in [1.807, 2.05) is 0 Å². The van der Waals surface area contributed by atoms with Crippen LogP contribution in [0.3, 0.4) is 0 Å². The lowest BCUT2D eigenvalue weighted by Crippen LogP contribution is -2.30. The van der Waals surface area contributed by atoms with Crippen molar-refractivity contribution in [2.75, 3.05) is 0 Å². The number of hydrogen-bond donors (Lipinski definition) is 2. The molecule has 2 rings (SSSR count). The topological polar surface area (TPSA) is 63.8 Å².